The van der Waals surface area contributed by atoms with Crippen LogP contribution in [0.4, 0.5) is 18.9 Å². The number of hydrogen-bond donors (Lipinski definition) is 1. The van der Waals surface area contributed by atoms with Crippen LogP contribution in [0.2, 0.25) is 0 Å². The number of hydrogen-bond acceptors (Lipinski definition) is 2. The summed E-state index contributed by atoms with van der Waals surface area (Å²) in [7, 11) is 0. The Balaban J connectivity index is 2.04. The quantitative estimate of drug-likeness (QED) is 0.735. The van der Waals surface area contributed by atoms with Gasteiger partial charge in [-0.2, -0.15) is 13.2 Å². The molecule has 0 aliphatic rings. The maximum atomic E-state index is 12.5. The SMILES string of the molecule is O=C(C=Cc1cc(Br)cs1)Nc1cccc(C(F)(F)F)c1. The molecule has 2 rings (SSSR count). The summed E-state index contributed by atoms with van der Waals surface area (Å²) in [5.41, 5.74) is -0.696. The van der Waals surface area contributed by atoms with Crippen molar-refractivity contribution in [1.82, 2.24) is 0 Å². The van der Waals surface area contributed by atoms with E-state index in [1.807, 2.05) is 11.4 Å². The lowest BCUT2D eigenvalue weighted by atomic mass is 10.2. The Hall–Kier alpha value is -1.60. The number of benzene rings is 1. The summed E-state index contributed by atoms with van der Waals surface area (Å²) in [6, 6.07) is 6.34. The average Bonchev–Trinajstić information content (AvgIpc) is 2.82. The van der Waals surface area contributed by atoms with Crippen LogP contribution in [-0.2, 0) is 11.0 Å². The molecule has 0 atom stereocenters. The third kappa shape index (κ3) is 4.71. The van der Waals surface area contributed by atoms with Crippen molar-refractivity contribution < 1.29 is 18.0 Å². The van der Waals surface area contributed by atoms with Crippen molar-refractivity contribution in [2.45, 2.75) is 6.18 Å². The molecular weight excluding hydrogens is 367 g/mol. The zero-order valence-corrected chi connectivity index (χ0v) is 12.8. The van der Waals surface area contributed by atoms with E-state index in [1.165, 1.54) is 29.5 Å². The molecule has 2 aromatic rings. The van der Waals surface area contributed by atoms with E-state index in [4.69, 9.17) is 0 Å². The Morgan fingerprint density at radius 2 is 2.05 bits per heavy atom. The van der Waals surface area contributed by atoms with Crippen molar-refractivity contribution in [2.24, 2.45) is 0 Å². The van der Waals surface area contributed by atoms with Gasteiger partial charge in [-0.25, -0.2) is 0 Å². The van der Waals surface area contributed by atoms with Crippen LogP contribution in [0.1, 0.15) is 10.4 Å². The van der Waals surface area contributed by atoms with Gasteiger partial charge in [0.25, 0.3) is 0 Å². The van der Waals surface area contributed by atoms with Crippen LogP contribution < -0.4 is 5.32 Å². The minimum Gasteiger partial charge on any atom is -0.322 e. The van der Waals surface area contributed by atoms with E-state index in [-0.39, 0.29) is 5.69 Å². The monoisotopic (exact) mass is 375 g/mol. The van der Waals surface area contributed by atoms with Crippen LogP contribution >= 0.6 is 27.3 Å². The summed E-state index contributed by atoms with van der Waals surface area (Å²) in [5.74, 6) is -0.487. The lowest BCUT2D eigenvalue weighted by molar-refractivity contribution is -0.137. The Labute approximate surface area is 131 Å². The maximum Gasteiger partial charge on any atom is 0.416 e. The Morgan fingerprint density at radius 1 is 1.29 bits per heavy atom. The molecule has 0 saturated carbocycles. The molecule has 0 aliphatic heterocycles. The summed E-state index contributed by atoms with van der Waals surface area (Å²) < 4.78 is 38.5. The zero-order chi connectivity index (χ0) is 15.5. The van der Waals surface area contributed by atoms with Gasteiger partial charge >= 0.3 is 6.18 Å². The van der Waals surface area contributed by atoms with Gasteiger partial charge in [0.15, 0.2) is 0 Å². The van der Waals surface area contributed by atoms with Gasteiger partial charge in [-0.05, 0) is 46.3 Å². The number of thiophene rings is 1. The molecule has 0 bridgehead atoms. The molecule has 0 saturated heterocycles. The largest absolute Gasteiger partial charge is 0.416 e. The maximum absolute atomic E-state index is 12.5. The predicted molar refractivity (Wildman–Crippen MR) is 81.1 cm³/mol. The number of halogens is 4. The molecule has 0 aliphatic carbocycles. The standard InChI is InChI=1S/C14H9BrF3NOS/c15-10-7-12(21-8-10)4-5-13(20)19-11-3-1-2-9(6-11)14(16,17)18/h1-8H,(H,19,20). The van der Waals surface area contributed by atoms with Gasteiger partial charge < -0.3 is 5.32 Å². The molecule has 1 aromatic carbocycles. The summed E-state index contributed by atoms with van der Waals surface area (Å²) in [5, 5.41) is 4.26. The van der Waals surface area contributed by atoms with Gasteiger partial charge in [0, 0.05) is 26.5 Å². The van der Waals surface area contributed by atoms with Crippen molar-refractivity contribution in [3.8, 4) is 0 Å². The first-order valence-corrected chi connectivity index (χ1v) is 7.42. The first kappa shape index (κ1) is 15.8. The van der Waals surface area contributed by atoms with Crippen molar-refractivity contribution >= 4 is 44.9 Å². The smallest absolute Gasteiger partial charge is 0.322 e. The summed E-state index contributed by atoms with van der Waals surface area (Å²) >= 11 is 4.73. The molecule has 7 heteroatoms. The number of alkyl halides is 3. The van der Waals surface area contributed by atoms with Gasteiger partial charge in [-0.15, -0.1) is 11.3 Å². The third-order valence-corrected chi connectivity index (χ3v) is 4.10. The van der Waals surface area contributed by atoms with Gasteiger partial charge in [0.05, 0.1) is 5.56 Å². The minimum absolute atomic E-state index is 0.104. The molecule has 1 heterocycles. The zero-order valence-electron chi connectivity index (χ0n) is 10.4. The van der Waals surface area contributed by atoms with Crippen LogP contribution in [0.25, 0.3) is 6.08 Å². The molecule has 1 N–H and O–H groups in total. The molecule has 0 fully saturated rings. The normalized spacial score (nSPS) is 11.8. The summed E-state index contributed by atoms with van der Waals surface area (Å²) in [4.78, 5) is 12.5. The highest BCUT2D eigenvalue weighted by Gasteiger charge is 2.30. The second-order valence-corrected chi connectivity index (χ2v) is 5.93. The van der Waals surface area contributed by atoms with Crippen molar-refractivity contribution in [3.05, 3.63) is 56.7 Å². The Kier molecular flexibility index (Phi) is 4.84. The topological polar surface area (TPSA) is 29.1 Å². The minimum atomic E-state index is -4.43. The van der Waals surface area contributed by atoms with E-state index in [0.29, 0.717) is 0 Å². The van der Waals surface area contributed by atoms with Crippen LogP contribution in [0.3, 0.4) is 0 Å². The Morgan fingerprint density at radius 3 is 2.67 bits per heavy atom. The fourth-order valence-corrected chi connectivity index (χ4v) is 2.87. The van der Waals surface area contributed by atoms with Crippen LogP contribution in [0.5, 0.6) is 0 Å². The van der Waals surface area contributed by atoms with Crippen LogP contribution in [0.15, 0.2) is 46.3 Å². The summed E-state index contributed by atoms with van der Waals surface area (Å²) in [6.07, 6.45) is -1.56. The highest BCUT2D eigenvalue weighted by molar-refractivity contribution is 9.10. The number of carbonyl (C=O) groups excluding carboxylic acids is 1. The molecule has 1 amide bonds. The van der Waals surface area contributed by atoms with E-state index in [0.717, 1.165) is 21.5 Å². The van der Waals surface area contributed by atoms with Gasteiger partial charge in [0.2, 0.25) is 5.91 Å². The second-order valence-electron chi connectivity index (χ2n) is 4.07. The third-order valence-electron chi connectivity index (χ3n) is 2.44. The van der Waals surface area contributed by atoms with Crippen LogP contribution in [-0.4, -0.2) is 5.91 Å². The molecule has 110 valence electrons. The number of rotatable bonds is 3. The fourth-order valence-electron chi connectivity index (χ4n) is 1.53. The van der Waals surface area contributed by atoms with Crippen molar-refractivity contribution in [2.75, 3.05) is 5.32 Å². The van der Waals surface area contributed by atoms with E-state index < -0.39 is 17.6 Å². The van der Waals surface area contributed by atoms with E-state index in [9.17, 15) is 18.0 Å². The van der Waals surface area contributed by atoms with E-state index >= 15 is 0 Å². The van der Waals surface area contributed by atoms with Gasteiger partial charge in [-0.1, -0.05) is 6.07 Å². The average molecular weight is 376 g/mol. The number of nitrogens with one attached hydrogen (secondary N) is 1. The molecule has 1 aromatic heterocycles. The summed E-state index contributed by atoms with van der Waals surface area (Å²) in [6.45, 7) is 0. The number of carbonyl (C=O) groups is 1. The highest BCUT2D eigenvalue weighted by Crippen LogP contribution is 2.30. The van der Waals surface area contributed by atoms with E-state index in [1.54, 1.807) is 6.08 Å². The fraction of sp³-hybridized carbons (Fsp3) is 0.0714. The molecule has 21 heavy (non-hydrogen) atoms. The number of amides is 1. The predicted octanol–water partition coefficient (Wildman–Crippen LogP) is 5.18. The number of anilines is 1. The van der Waals surface area contributed by atoms with Gasteiger partial charge in [-0.3, -0.25) is 4.79 Å². The van der Waals surface area contributed by atoms with Crippen molar-refractivity contribution in [1.29, 1.82) is 0 Å². The molecule has 2 nitrogen and oxygen atoms in total. The van der Waals surface area contributed by atoms with Crippen LogP contribution in [0, 0.1) is 0 Å². The highest BCUT2D eigenvalue weighted by atomic mass is 79.9. The Bertz CT molecular complexity index is 679. The lowest BCUT2D eigenvalue weighted by Crippen LogP contribution is -2.10. The van der Waals surface area contributed by atoms with Gasteiger partial charge in [0.1, 0.15) is 0 Å². The first-order valence-electron chi connectivity index (χ1n) is 5.75. The van der Waals surface area contributed by atoms with Crippen molar-refractivity contribution in [3.63, 3.8) is 0 Å². The lowest BCUT2D eigenvalue weighted by Gasteiger charge is -2.08. The molecule has 0 unspecified atom stereocenters. The molecule has 0 radical (unpaired) electrons. The second kappa shape index (κ2) is 6.44. The van der Waals surface area contributed by atoms with E-state index in [2.05, 4.69) is 21.2 Å². The first-order chi connectivity index (χ1) is 9.84. The molecule has 0 spiro atoms. The molecular formula is C14H9BrF3NOS.